The van der Waals surface area contributed by atoms with Gasteiger partial charge in [-0.3, -0.25) is 9.69 Å². The third kappa shape index (κ3) is 3.26. The molecule has 0 aliphatic carbocycles. The molecule has 22 heavy (non-hydrogen) atoms. The minimum atomic E-state index is -0.781. The van der Waals surface area contributed by atoms with Crippen LogP contribution in [-0.2, 0) is 5.60 Å². The van der Waals surface area contributed by atoms with Gasteiger partial charge < -0.3 is 5.11 Å². The maximum absolute atomic E-state index is 12.1. The Kier molecular flexibility index (Phi) is 4.36. The molecule has 0 aromatic heterocycles. The lowest BCUT2D eigenvalue weighted by Gasteiger charge is -2.24. The number of nitrogens with zero attached hydrogens (tertiary/aromatic N) is 1. The van der Waals surface area contributed by atoms with Crippen molar-refractivity contribution in [1.82, 2.24) is 4.90 Å². The third-order valence-electron chi connectivity index (χ3n) is 4.39. The molecule has 3 heteroatoms. The molecule has 0 amide bonds. The molecular formula is C19H21NO2. The molecule has 1 aliphatic heterocycles. The molecule has 0 radical (unpaired) electrons. The number of aliphatic hydroxyl groups is 1. The van der Waals surface area contributed by atoms with Gasteiger partial charge in [0.05, 0.1) is 0 Å². The zero-order valence-electron chi connectivity index (χ0n) is 12.6. The van der Waals surface area contributed by atoms with Crippen molar-refractivity contribution in [3.63, 3.8) is 0 Å². The number of β-amino-alcohol motifs (C(OH)–C–C–N with tert-alkyl or cyclic N) is 1. The van der Waals surface area contributed by atoms with Crippen LogP contribution in [-0.4, -0.2) is 35.4 Å². The van der Waals surface area contributed by atoms with Crippen molar-refractivity contribution < 1.29 is 9.90 Å². The Hall–Kier alpha value is -1.97. The predicted octanol–water partition coefficient (Wildman–Crippen LogP) is 2.85. The van der Waals surface area contributed by atoms with Crippen molar-refractivity contribution in [3.8, 4) is 0 Å². The highest BCUT2D eigenvalue weighted by atomic mass is 16.3. The molecule has 114 valence electrons. The summed E-state index contributed by atoms with van der Waals surface area (Å²) >= 11 is 0. The molecule has 1 N–H and O–H groups in total. The topological polar surface area (TPSA) is 40.5 Å². The highest BCUT2D eigenvalue weighted by Gasteiger charge is 2.37. The molecule has 1 saturated heterocycles. The Morgan fingerprint density at radius 2 is 1.68 bits per heavy atom. The second kappa shape index (κ2) is 6.42. The van der Waals surface area contributed by atoms with Crippen LogP contribution in [0.4, 0.5) is 0 Å². The number of carbonyl (C=O) groups excluding carboxylic acids is 1. The van der Waals surface area contributed by atoms with Crippen LogP contribution < -0.4 is 0 Å². The van der Waals surface area contributed by atoms with E-state index in [2.05, 4.69) is 4.90 Å². The number of rotatable bonds is 5. The van der Waals surface area contributed by atoms with E-state index in [9.17, 15) is 9.90 Å². The van der Waals surface area contributed by atoms with Crippen LogP contribution in [0.1, 0.15) is 28.8 Å². The van der Waals surface area contributed by atoms with Crippen LogP contribution >= 0.6 is 0 Å². The average Bonchev–Trinajstić information content (AvgIpc) is 2.97. The zero-order valence-corrected chi connectivity index (χ0v) is 12.6. The van der Waals surface area contributed by atoms with Gasteiger partial charge in [-0.1, -0.05) is 60.7 Å². The van der Waals surface area contributed by atoms with Crippen LogP contribution in [0.5, 0.6) is 0 Å². The molecule has 1 fully saturated rings. The summed E-state index contributed by atoms with van der Waals surface area (Å²) in [6.07, 6.45) is 1.21. The number of hydrogen-bond donors (Lipinski definition) is 1. The summed E-state index contributed by atoms with van der Waals surface area (Å²) in [6.45, 7) is 2.12. The molecule has 3 nitrogen and oxygen atoms in total. The van der Waals surface area contributed by atoms with Gasteiger partial charge >= 0.3 is 0 Å². The number of carbonyl (C=O) groups is 1. The highest BCUT2D eigenvalue weighted by molar-refractivity contribution is 5.96. The fourth-order valence-corrected chi connectivity index (χ4v) is 3.07. The normalized spacial score (nSPS) is 21.9. The van der Waals surface area contributed by atoms with E-state index < -0.39 is 5.60 Å². The minimum Gasteiger partial charge on any atom is -0.384 e. The summed E-state index contributed by atoms with van der Waals surface area (Å²) in [6, 6.07) is 19.2. The van der Waals surface area contributed by atoms with E-state index in [1.54, 1.807) is 0 Å². The van der Waals surface area contributed by atoms with Crippen molar-refractivity contribution in [2.75, 3.05) is 19.6 Å². The number of benzene rings is 2. The molecule has 2 aromatic carbocycles. The first-order valence-corrected chi connectivity index (χ1v) is 7.76. The van der Waals surface area contributed by atoms with Crippen LogP contribution in [0.15, 0.2) is 60.7 Å². The summed E-state index contributed by atoms with van der Waals surface area (Å²) in [5.74, 6) is 0.163. The summed E-state index contributed by atoms with van der Waals surface area (Å²) in [5.41, 5.74) is 0.948. The molecule has 3 rings (SSSR count). The molecular weight excluding hydrogens is 274 g/mol. The monoisotopic (exact) mass is 295 g/mol. The number of ketones is 1. The first-order chi connectivity index (χ1) is 10.7. The molecule has 1 atom stereocenters. The standard InChI is InChI=1S/C19H21NO2/c21-18(16-7-3-1-4-8-16)11-13-20-14-12-19(22,15-20)17-9-5-2-6-10-17/h1-10,22H,11-15H2. The maximum Gasteiger partial charge on any atom is 0.164 e. The van der Waals surface area contributed by atoms with E-state index in [-0.39, 0.29) is 5.78 Å². The fraction of sp³-hybridized carbons (Fsp3) is 0.316. The van der Waals surface area contributed by atoms with Gasteiger partial charge in [0.1, 0.15) is 5.60 Å². The van der Waals surface area contributed by atoms with Crippen molar-refractivity contribution in [1.29, 1.82) is 0 Å². The Bertz CT molecular complexity index is 626. The second-order valence-electron chi connectivity index (χ2n) is 5.96. The second-order valence-corrected chi connectivity index (χ2v) is 5.96. The molecule has 0 saturated carbocycles. The van der Waals surface area contributed by atoms with Crippen LogP contribution in [0.3, 0.4) is 0 Å². The van der Waals surface area contributed by atoms with E-state index in [0.29, 0.717) is 19.5 Å². The first kappa shape index (κ1) is 14.9. The average molecular weight is 295 g/mol. The fourth-order valence-electron chi connectivity index (χ4n) is 3.07. The van der Waals surface area contributed by atoms with E-state index in [4.69, 9.17) is 0 Å². The van der Waals surface area contributed by atoms with Gasteiger partial charge in [0.2, 0.25) is 0 Å². The van der Waals surface area contributed by atoms with E-state index >= 15 is 0 Å². The predicted molar refractivity (Wildman–Crippen MR) is 86.8 cm³/mol. The lowest BCUT2D eigenvalue weighted by molar-refractivity contribution is 0.0457. The molecule has 1 heterocycles. The minimum absolute atomic E-state index is 0.163. The Labute approximate surface area is 131 Å². The zero-order chi connectivity index (χ0) is 15.4. The maximum atomic E-state index is 12.1. The van der Waals surface area contributed by atoms with Gasteiger partial charge in [0.15, 0.2) is 5.78 Å². The quantitative estimate of drug-likeness (QED) is 0.862. The number of likely N-dealkylation sites (tertiary alicyclic amines) is 1. The van der Waals surface area contributed by atoms with Gasteiger partial charge in [-0.25, -0.2) is 0 Å². The van der Waals surface area contributed by atoms with Crippen molar-refractivity contribution in [2.45, 2.75) is 18.4 Å². The Morgan fingerprint density at radius 1 is 1.05 bits per heavy atom. The Balaban J connectivity index is 1.57. The van der Waals surface area contributed by atoms with Crippen molar-refractivity contribution in [3.05, 3.63) is 71.8 Å². The highest BCUT2D eigenvalue weighted by Crippen LogP contribution is 2.31. The van der Waals surface area contributed by atoms with Crippen molar-refractivity contribution >= 4 is 5.78 Å². The lowest BCUT2D eigenvalue weighted by atomic mass is 9.93. The molecule has 1 aliphatic rings. The van der Waals surface area contributed by atoms with E-state index in [0.717, 1.165) is 24.1 Å². The molecule has 2 aromatic rings. The van der Waals surface area contributed by atoms with Gasteiger partial charge in [-0.2, -0.15) is 0 Å². The molecule has 0 bridgehead atoms. The summed E-state index contributed by atoms with van der Waals surface area (Å²) in [4.78, 5) is 14.3. The van der Waals surface area contributed by atoms with Gasteiger partial charge in [-0.05, 0) is 12.0 Å². The van der Waals surface area contributed by atoms with Crippen LogP contribution in [0.25, 0.3) is 0 Å². The summed E-state index contributed by atoms with van der Waals surface area (Å²) in [7, 11) is 0. The molecule has 0 spiro atoms. The van der Waals surface area contributed by atoms with Gasteiger partial charge in [0, 0.05) is 31.6 Å². The van der Waals surface area contributed by atoms with Crippen LogP contribution in [0, 0.1) is 0 Å². The largest absolute Gasteiger partial charge is 0.384 e. The van der Waals surface area contributed by atoms with E-state index in [1.807, 2.05) is 60.7 Å². The summed E-state index contributed by atoms with van der Waals surface area (Å²) in [5, 5.41) is 10.8. The number of Topliss-reactive ketones (excluding diaryl/α,β-unsaturated/α-hetero) is 1. The third-order valence-corrected chi connectivity index (χ3v) is 4.39. The lowest BCUT2D eigenvalue weighted by Crippen LogP contribution is -2.31. The van der Waals surface area contributed by atoms with E-state index in [1.165, 1.54) is 0 Å². The summed E-state index contributed by atoms with van der Waals surface area (Å²) < 4.78 is 0. The van der Waals surface area contributed by atoms with Gasteiger partial charge in [0.25, 0.3) is 0 Å². The van der Waals surface area contributed by atoms with Crippen LogP contribution in [0.2, 0.25) is 0 Å². The number of hydrogen-bond acceptors (Lipinski definition) is 3. The van der Waals surface area contributed by atoms with Crippen molar-refractivity contribution in [2.24, 2.45) is 0 Å². The smallest absolute Gasteiger partial charge is 0.164 e. The SMILES string of the molecule is O=C(CCN1CCC(O)(c2ccccc2)C1)c1ccccc1. The first-order valence-electron chi connectivity index (χ1n) is 7.76. The molecule has 1 unspecified atom stereocenters. The Morgan fingerprint density at radius 3 is 2.36 bits per heavy atom. The van der Waals surface area contributed by atoms with Gasteiger partial charge in [-0.15, -0.1) is 0 Å².